The van der Waals surface area contributed by atoms with E-state index in [1.54, 1.807) is 12.1 Å². The molecule has 1 N–H and O–H groups in total. The third kappa shape index (κ3) is 4.55. The van der Waals surface area contributed by atoms with Gasteiger partial charge in [-0.15, -0.1) is 0 Å². The maximum Gasteiger partial charge on any atom is 0.239 e. The van der Waals surface area contributed by atoms with Crippen LogP contribution in [-0.4, -0.2) is 15.7 Å². The Balaban J connectivity index is 1.69. The number of ether oxygens (including phenoxy) is 1. The SMILES string of the molecule is CC[C@@H](Br)C(=O)Nc1nc2ccc(OCc3ccc(F)cc3)cc2s1. The molecule has 2 aromatic carbocycles. The molecule has 1 amide bonds. The summed E-state index contributed by atoms with van der Waals surface area (Å²) in [5, 5.41) is 3.37. The van der Waals surface area contributed by atoms with Crippen LogP contribution in [0.2, 0.25) is 0 Å². The first-order chi connectivity index (χ1) is 12.0. The maximum absolute atomic E-state index is 12.9. The summed E-state index contributed by atoms with van der Waals surface area (Å²) >= 11 is 4.72. The lowest BCUT2D eigenvalue weighted by Gasteiger charge is -2.06. The average molecular weight is 423 g/mol. The topological polar surface area (TPSA) is 51.2 Å². The first kappa shape index (κ1) is 17.8. The lowest BCUT2D eigenvalue weighted by Crippen LogP contribution is -2.21. The summed E-state index contributed by atoms with van der Waals surface area (Å²) < 4.78 is 19.6. The highest BCUT2D eigenvalue weighted by Gasteiger charge is 2.14. The fourth-order valence-electron chi connectivity index (χ4n) is 2.16. The molecule has 3 aromatic rings. The average Bonchev–Trinajstić information content (AvgIpc) is 3.01. The number of hydrogen-bond donors (Lipinski definition) is 1. The normalized spacial score (nSPS) is 12.1. The summed E-state index contributed by atoms with van der Waals surface area (Å²) in [6.07, 6.45) is 0.706. The monoisotopic (exact) mass is 422 g/mol. The van der Waals surface area contributed by atoms with Crippen molar-refractivity contribution in [1.82, 2.24) is 4.98 Å². The van der Waals surface area contributed by atoms with E-state index in [0.29, 0.717) is 23.9 Å². The minimum atomic E-state index is -0.266. The summed E-state index contributed by atoms with van der Waals surface area (Å²) in [5.41, 5.74) is 1.69. The third-order valence-corrected chi connectivity index (χ3v) is 5.55. The summed E-state index contributed by atoms with van der Waals surface area (Å²) in [6.45, 7) is 2.29. The zero-order valence-corrected chi connectivity index (χ0v) is 15.9. The van der Waals surface area contributed by atoms with E-state index in [-0.39, 0.29) is 16.6 Å². The zero-order valence-electron chi connectivity index (χ0n) is 13.5. The summed E-state index contributed by atoms with van der Waals surface area (Å²) in [6, 6.07) is 11.8. The van der Waals surface area contributed by atoms with Gasteiger partial charge in [0.25, 0.3) is 0 Å². The molecule has 1 atom stereocenters. The van der Waals surface area contributed by atoms with Crippen LogP contribution < -0.4 is 10.1 Å². The molecule has 3 rings (SSSR count). The van der Waals surface area contributed by atoms with Gasteiger partial charge in [-0.05, 0) is 42.3 Å². The number of fused-ring (bicyclic) bond motifs is 1. The van der Waals surface area contributed by atoms with Crippen molar-refractivity contribution >= 4 is 48.5 Å². The van der Waals surface area contributed by atoms with Gasteiger partial charge in [0.05, 0.1) is 15.0 Å². The van der Waals surface area contributed by atoms with Crippen molar-refractivity contribution < 1.29 is 13.9 Å². The van der Waals surface area contributed by atoms with Gasteiger partial charge >= 0.3 is 0 Å². The Kier molecular flexibility index (Phi) is 5.65. The molecule has 0 saturated carbocycles. The van der Waals surface area contributed by atoms with E-state index in [4.69, 9.17) is 4.74 Å². The van der Waals surface area contributed by atoms with Crippen molar-refractivity contribution in [2.75, 3.05) is 5.32 Å². The van der Waals surface area contributed by atoms with Gasteiger partial charge in [0.15, 0.2) is 5.13 Å². The van der Waals surface area contributed by atoms with Crippen molar-refractivity contribution in [3.8, 4) is 5.75 Å². The minimum absolute atomic E-state index is 0.102. The first-order valence-electron chi connectivity index (χ1n) is 7.78. The van der Waals surface area contributed by atoms with Gasteiger partial charge in [0.1, 0.15) is 18.2 Å². The Morgan fingerprint density at radius 3 is 2.80 bits per heavy atom. The Bertz CT molecular complexity index is 882. The van der Waals surface area contributed by atoms with Crippen LogP contribution in [0.4, 0.5) is 9.52 Å². The molecular weight excluding hydrogens is 407 g/mol. The van der Waals surface area contributed by atoms with Gasteiger partial charge in [-0.2, -0.15) is 0 Å². The smallest absolute Gasteiger partial charge is 0.239 e. The zero-order chi connectivity index (χ0) is 17.8. The number of thiazole rings is 1. The number of rotatable bonds is 6. The van der Waals surface area contributed by atoms with Crippen LogP contribution in [0.1, 0.15) is 18.9 Å². The lowest BCUT2D eigenvalue weighted by molar-refractivity contribution is -0.115. The predicted molar refractivity (Wildman–Crippen MR) is 102 cm³/mol. The molecule has 7 heteroatoms. The van der Waals surface area contributed by atoms with Gasteiger partial charge in [0, 0.05) is 0 Å². The first-order valence-corrected chi connectivity index (χ1v) is 9.51. The number of carbonyl (C=O) groups excluding carboxylic acids is 1. The van der Waals surface area contributed by atoms with Gasteiger partial charge in [-0.3, -0.25) is 4.79 Å². The summed E-state index contributed by atoms with van der Waals surface area (Å²) in [5.74, 6) is 0.331. The molecule has 0 radical (unpaired) electrons. The standard InChI is InChI=1S/C18H16BrFN2O2S/c1-2-14(19)17(23)22-18-21-15-8-7-13(9-16(15)25-18)24-10-11-3-5-12(20)6-4-11/h3-9,14H,2,10H2,1H3,(H,21,22,23)/t14-/m1/s1. The molecule has 0 aliphatic carbocycles. The van der Waals surface area contributed by atoms with Gasteiger partial charge in [0.2, 0.25) is 5.91 Å². The van der Waals surface area contributed by atoms with E-state index < -0.39 is 0 Å². The maximum atomic E-state index is 12.9. The number of carbonyl (C=O) groups is 1. The predicted octanol–water partition coefficient (Wildman–Crippen LogP) is 5.13. The van der Waals surface area contributed by atoms with E-state index in [0.717, 1.165) is 15.8 Å². The van der Waals surface area contributed by atoms with Crippen LogP contribution in [-0.2, 0) is 11.4 Å². The number of alkyl halides is 1. The van der Waals surface area contributed by atoms with E-state index in [1.165, 1.54) is 23.5 Å². The van der Waals surface area contributed by atoms with E-state index >= 15 is 0 Å². The quantitative estimate of drug-likeness (QED) is 0.560. The van der Waals surface area contributed by atoms with E-state index in [2.05, 4.69) is 26.2 Å². The van der Waals surface area contributed by atoms with Crippen molar-refractivity contribution in [1.29, 1.82) is 0 Å². The van der Waals surface area contributed by atoms with Crippen molar-refractivity contribution in [2.24, 2.45) is 0 Å². The number of nitrogens with zero attached hydrogens (tertiary/aromatic N) is 1. The van der Waals surface area contributed by atoms with Gasteiger partial charge < -0.3 is 10.1 Å². The molecule has 0 bridgehead atoms. The summed E-state index contributed by atoms with van der Waals surface area (Å²) in [4.78, 5) is 16.1. The molecule has 1 heterocycles. The van der Waals surface area contributed by atoms with Gasteiger partial charge in [-0.25, -0.2) is 9.37 Å². The molecule has 130 valence electrons. The van der Waals surface area contributed by atoms with Crippen LogP contribution in [0, 0.1) is 5.82 Å². The number of hydrogen-bond acceptors (Lipinski definition) is 4. The summed E-state index contributed by atoms with van der Waals surface area (Å²) in [7, 11) is 0. The third-order valence-electron chi connectivity index (χ3n) is 3.55. The van der Waals surface area contributed by atoms with Crippen LogP contribution in [0.3, 0.4) is 0 Å². The molecule has 0 aliphatic heterocycles. The number of aromatic nitrogens is 1. The molecule has 0 saturated heterocycles. The fourth-order valence-corrected chi connectivity index (χ4v) is 3.18. The second kappa shape index (κ2) is 7.93. The number of anilines is 1. The van der Waals surface area contributed by atoms with Gasteiger partial charge in [-0.1, -0.05) is 46.3 Å². The second-order valence-corrected chi connectivity index (χ2v) is 7.56. The molecule has 0 spiro atoms. The number of amides is 1. The Hall–Kier alpha value is -1.99. The van der Waals surface area contributed by atoms with Crippen LogP contribution in [0.25, 0.3) is 10.2 Å². The van der Waals surface area contributed by atoms with Crippen molar-refractivity contribution in [3.05, 3.63) is 53.8 Å². The highest BCUT2D eigenvalue weighted by Crippen LogP contribution is 2.30. The number of nitrogens with one attached hydrogen (secondary N) is 1. The highest BCUT2D eigenvalue weighted by atomic mass is 79.9. The Labute approximate surface area is 157 Å². The van der Waals surface area contributed by atoms with Crippen molar-refractivity contribution in [3.63, 3.8) is 0 Å². The molecular formula is C18H16BrFN2O2S. The van der Waals surface area contributed by atoms with E-state index in [1.807, 2.05) is 25.1 Å². The van der Waals surface area contributed by atoms with Crippen LogP contribution in [0.5, 0.6) is 5.75 Å². The second-order valence-electron chi connectivity index (χ2n) is 5.43. The molecule has 0 aliphatic rings. The lowest BCUT2D eigenvalue weighted by atomic mass is 10.2. The Morgan fingerprint density at radius 2 is 2.08 bits per heavy atom. The minimum Gasteiger partial charge on any atom is -0.489 e. The largest absolute Gasteiger partial charge is 0.489 e. The van der Waals surface area contributed by atoms with E-state index in [9.17, 15) is 9.18 Å². The molecule has 1 aromatic heterocycles. The number of benzene rings is 2. The van der Waals surface area contributed by atoms with Crippen molar-refractivity contribution in [2.45, 2.75) is 24.8 Å². The highest BCUT2D eigenvalue weighted by molar-refractivity contribution is 9.10. The fraction of sp³-hybridized carbons (Fsp3) is 0.222. The number of halogens is 2. The molecule has 0 unspecified atom stereocenters. The van der Waals surface area contributed by atoms with Crippen LogP contribution in [0.15, 0.2) is 42.5 Å². The molecule has 4 nitrogen and oxygen atoms in total. The Morgan fingerprint density at radius 1 is 1.32 bits per heavy atom. The van der Waals surface area contributed by atoms with Crippen LogP contribution >= 0.6 is 27.3 Å². The molecule has 0 fully saturated rings. The molecule has 25 heavy (non-hydrogen) atoms.